The van der Waals surface area contributed by atoms with Crippen LogP contribution in [0.25, 0.3) is 22.4 Å². The highest BCUT2D eigenvalue weighted by Crippen LogP contribution is 2.34. The summed E-state index contributed by atoms with van der Waals surface area (Å²) in [5.74, 6) is -0.238. The van der Waals surface area contributed by atoms with Crippen LogP contribution in [0.15, 0.2) is 59.1 Å². The van der Waals surface area contributed by atoms with Crippen LogP contribution in [0.2, 0.25) is 0 Å². The van der Waals surface area contributed by atoms with Gasteiger partial charge in [-0.25, -0.2) is 0 Å². The van der Waals surface area contributed by atoms with Crippen molar-refractivity contribution in [3.8, 4) is 22.4 Å². The lowest BCUT2D eigenvalue weighted by Gasteiger charge is -2.06. The van der Waals surface area contributed by atoms with Crippen LogP contribution in [0.1, 0.15) is 16.1 Å². The molecule has 3 N–H and O–H groups in total. The second-order valence-corrected chi connectivity index (χ2v) is 5.55. The van der Waals surface area contributed by atoms with Crippen LogP contribution < -0.4 is 11.1 Å². The Bertz CT molecular complexity index is 899. The van der Waals surface area contributed by atoms with Gasteiger partial charge in [-0.15, -0.1) is 0 Å². The number of carbonyl (C=O) groups is 2. The fraction of sp³-hybridized carbons (Fsp3) is 0.105. The molecule has 0 spiro atoms. The molecule has 0 aliphatic carbocycles. The second-order valence-electron chi connectivity index (χ2n) is 5.55. The first kappa shape index (κ1) is 16.4. The Morgan fingerprint density at radius 1 is 1.04 bits per heavy atom. The van der Waals surface area contributed by atoms with Crippen LogP contribution >= 0.6 is 0 Å². The standard InChI is InChI=1S/C19H17N3O3/c1-12-17(18(22-25-12)14-5-3-2-4-6-14)13-7-9-15(10-8-13)19(24)21-11-16(20)23/h2-10H,11H2,1H3,(H2,20,23)(H,21,24). The fourth-order valence-corrected chi connectivity index (χ4v) is 2.56. The minimum Gasteiger partial charge on any atom is -0.368 e. The number of rotatable bonds is 5. The van der Waals surface area contributed by atoms with E-state index < -0.39 is 5.91 Å². The number of aromatic nitrogens is 1. The number of aryl methyl sites for hydroxylation is 1. The van der Waals surface area contributed by atoms with E-state index in [1.54, 1.807) is 12.1 Å². The third-order valence-corrected chi connectivity index (χ3v) is 3.77. The van der Waals surface area contributed by atoms with Crippen molar-refractivity contribution in [1.29, 1.82) is 0 Å². The lowest BCUT2D eigenvalue weighted by Crippen LogP contribution is -2.33. The monoisotopic (exact) mass is 335 g/mol. The van der Waals surface area contributed by atoms with Crippen LogP contribution in [0.4, 0.5) is 0 Å². The lowest BCUT2D eigenvalue weighted by atomic mass is 9.98. The highest BCUT2D eigenvalue weighted by molar-refractivity contribution is 5.97. The fourth-order valence-electron chi connectivity index (χ4n) is 2.56. The van der Waals surface area contributed by atoms with E-state index in [2.05, 4.69) is 10.5 Å². The van der Waals surface area contributed by atoms with Gasteiger partial charge in [0.15, 0.2) is 0 Å². The van der Waals surface area contributed by atoms with Crippen molar-refractivity contribution in [1.82, 2.24) is 10.5 Å². The molecule has 6 nitrogen and oxygen atoms in total. The van der Waals surface area contributed by atoms with Gasteiger partial charge in [-0.2, -0.15) is 0 Å². The predicted octanol–water partition coefficient (Wildman–Crippen LogP) is 2.53. The van der Waals surface area contributed by atoms with Gasteiger partial charge < -0.3 is 15.6 Å². The number of nitrogens with zero attached hydrogens (tertiary/aromatic N) is 1. The molecular weight excluding hydrogens is 318 g/mol. The van der Waals surface area contributed by atoms with Crippen LogP contribution in [-0.4, -0.2) is 23.5 Å². The first-order valence-corrected chi connectivity index (χ1v) is 7.75. The van der Waals surface area contributed by atoms with E-state index in [0.717, 1.165) is 22.4 Å². The number of hydrogen-bond acceptors (Lipinski definition) is 4. The molecule has 126 valence electrons. The van der Waals surface area contributed by atoms with Gasteiger partial charge in [0, 0.05) is 11.1 Å². The third-order valence-electron chi connectivity index (χ3n) is 3.77. The quantitative estimate of drug-likeness (QED) is 0.748. The summed E-state index contributed by atoms with van der Waals surface area (Å²) in [4.78, 5) is 22.7. The molecule has 0 atom stereocenters. The maximum Gasteiger partial charge on any atom is 0.251 e. The van der Waals surface area contributed by atoms with Crippen molar-refractivity contribution >= 4 is 11.8 Å². The Morgan fingerprint density at radius 3 is 2.36 bits per heavy atom. The van der Waals surface area contributed by atoms with Crippen molar-refractivity contribution in [3.63, 3.8) is 0 Å². The van der Waals surface area contributed by atoms with Crippen LogP contribution in [-0.2, 0) is 4.79 Å². The number of benzene rings is 2. The van der Waals surface area contributed by atoms with Gasteiger partial charge in [0.1, 0.15) is 11.5 Å². The molecule has 25 heavy (non-hydrogen) atoms. The average molecular weight is 335 g/mol. The molecule has 0 unspecified atom stereocenters. The maximum atomic E-state index is 12.0. The van der Waals surface area contributed by atoms with E-state index in [1.165, 1.54) is 0 Å². The molecule has 1 aromatic heterocycles. The van der Waals surface area contributed by atoms with E-state index in [-0.39, 0.29) is 12.5 Å². The normalized spacial score (nSPS) is 10.4. The highest BCUT2D eigenvalue weighted by Gasteiger charge is 2.17. The number of hydrogen-bond donors (Lipinski definition) is 2. The van der Waals surface area contributed by atoms with E-state index in [4.69, 9.17) is 10.3 Å². The van der Waals surface area contributed by atoms with E-state index in [0.29, 0.717) is 11.3 Å². The van der Waals surface area contributed by atoms with Gasteiger partial charge in [-0.1, -0.05) is 47.6 Å². The molecular formula is C19H17N3O3. The number of nitrogens with two attached hydrogens (primary N) is 1. The molecule has 0 saturated heterocycles. The Labute approximate surface area is 144 Å². The number of nitrogens with one attached hydrogen (secondary N) is 1. The summed E-state index contributed by atoms with van der Waals surface area (Å²) >= 11 is 0. The SMILES string of the molecule is Cc1onc(-c2ccccc2)c1-c1ccc(C(=O)NCC(N)=O)cc1. The molecule has 2 aromatic carbocycles. The van der Waals surface area contributed by atoms with E-state index >= 15 is 0 Å². The van der Waals surface area contributed by atoms with Gasteiger partial charge in [0.05, 0.1) is 12.1 Å². The summed E-state index contributed by atoms with van der Waals surface area (Å²) < 4.78 is 5.37. The van der Waals surface area contributed by atoms with Crippen molar-refractivity contribution in [2.75, 3.05) is 6.54 Å². The molecule has 0 fully saturated rings. The number of primary amides is 1. The van der Waals surface area contributed by atoms with Gasteiger partial charge >= 0.3 is 0 Å². The van der Waals surface area contributed by atoms with Gasteiger partial charge in [-0.3, -0.25) is 9.59 Å². The van der Waals surface area contributed by atoms with Gasteiger partial charge in [0.2, 0.25) is 5.91 Å². The molecule has 0 aliphatic heterocycles. The van der Waals surface area contributed by atoms with Crippen LogP contribution in [0, 0.1) is 6.92 Å². The Morgan fingerprint density at radius 2 is 1.72 bits per heavy atom. The minimum absolute atomic E-state index is 0.191. The summed E-state index contributed by atoms with van der Waals surface area (Å²) in [5.41, 5.74) is 8.96. The summed E-state index contributed by atoms with van der Waals surface area (Å²) in [6.07, 6.45) is 0. The van der Waals surface area contributed by atoms with Crippen molar-refractivity contribution in [2.24, 2.45) is 5.73 Å². The van der Waals surface area contributed by atoms with Crippen LogP contribution in [0.5, 0.6) is 0 Å². The molecule has 2 amide bonds. The molecule has 0 radical (unpaired) electrons. The van der Waals surface area contributed by atoms with Crippen molar-refractivity contribution in [2.45, 2.75) is 6.92 Å². The summed E-state index contributed by atoms with van der Waals surface area (Å²) in [6.45, 7) is 1.66. The van der Waals surface area contributed by atoms with Crippen LogP contribution in [0.3, 0.4) is 0 Å². The van der Waals surface area contributed by atoms with E-state index in [1.807, 2.05) is 49.4 Å². The molecule has 6 heteroatoms. The minimum atomic E-state index is -0.586. The van der Waals surface area contributed by atoms with E-state index in [9.17, 15) is 9.59 Å². The zero-order chi connectivity index (χ0) is 17.8. The Hall–Kier alpha value is -3.41. The second kappa shape index (κ2) is 7.00. The molecule has 0 bridgehead atoms. The first-order chi connectivity index (χ1) is 12.1. The lowest BCUT2D eigenvalue weighted by molar-refractivity contribution is -0.117. The highest BCUT2D eigenvalue weighted by atomic mass is 16.5. The molecule has 0 aliphatic rings. The molecule has 1 heterocycles. The summed E-state index contributed by atoms with van der Waals surface area (Å²) in [6, 6.07) is 16.8. The Balaban J connectivity index is 1.90. The largest absolute Gasteiger partial charge is 0.368 e. The summed E-state index contributed by atoms with van der Waals surface area (Å²) in [5, 5.41) is 6.62. The van der Waals surface area contributed by atoms with Crippen molar-refractivity contribution in [3.05, 3.63) is 65.9 Å². The number of carbonyl (C=O) groups excluding carboxylic acids is 2. The zero-order valence-corrected chi connectivity index (χ0v) is 13.7. The van der Waals surface area contributed by atoms with Gasteiger partial charge in [-0.05, 0) is 24.6 Å². The summed E-state index contributed by atoms with van der Waals surface area (Å²) in [7, 11) is 0. The molecule has 0 saturated carbocycles. The number of amides is 2. The predicted molar refractivity (Wildman–Crippen MR) is 93.6 cm³/mol. The smallest absolute Gasteiger partial charge is 0.251 e. The van der Waals surface area contributed by atoms with Crippen molar-refractivity contribution < 1.29 is 14.1 Å². The molecule has 3 rings (SSSR count). The topological polar surface area (TPSA) is 98.2 Å². The molecule has 3 aromatic rings. The third kappa shape index (κ3) is 3.58. The average Bonchev–Trinajstić information content (AvgIpc) is 3.02. The Kier molecular flexibility index (Phi) is 4.61. The maximum absolute atomic E-state index is 12.0. The van der Waals surface area contributed by atoms with Gasteiger partial charge in [0.25, 0.3) is 5.91 Å². The zero-order valence-electron chi connectivity index (χ0n) is 13.7. The first-order valence-electron chi connectivity index (χ1n) is 7.75.